The zero-order valence-corrected chi connectivity index (χ0v) is 10.5. The molecule has 3 nitrogen and oxygen atoms in total. The summed E-state index contributed by atoms with van der Waals surface area (Å²) in [5.41, 5.74) is 7.76. The van der Waals surface area contributed by atoms with Gasteiger partial charge in [-0.2, -0.15) is 0 Å². The van der Waals surface area contributed by atoms with E-state index in [2.05, 4.69) is 25.9 Å². The lowest BCUT2D eigenvalue weighted by molar-refractivity contribution is 0.996. The van der Waals surface area contributed by atoms with Gasteiger partial charge < -0.3 is 5.73 Å². The number of halogens is 1. The first-order chi connectivity index (χ1) is 7.72. The Morgan fingerprint density at radius 2 is 1.88 bits per heavy atom. The van der Waals surface area contributed by atoms with Crippen LogP contribution in [0.5, 0.6) is 0 Å². The normalized spacial score (nSPS) is 10.4. The molecular weight excluding hydrogens is 266 g/mol. The number of hydrogen-bond donors (Lipinski definition) is 1. The van der Waals surface area contributed by atoms with Gasteiger partial charge in [0.1, 0.15) is 5.82 Å². The van der Waals surface area contributed by atoms with Crippen molar-refractivity contribution in [3.05, 3.63) is 40.5 Å². The predicted octanol–water partition coefficient (Wildman–Crippen LogP) is 3.05. The number of anilines is 1. The molecule has 0 spiro atoms. The molecule has 2 aromatic rings. The Kier molecular flexibility index (Phi) is 3.19. The van der Waals surface area contributed by atoms with Gasteiger partial charge in [0.05, 0.1) is 10.2 Å². The molecule has 0 saturated heterocycles. The molecule has 16 heavy (non-hydrogen) atoms. The summed E-state index contributed by atoms with van der Waals surface area (Å²) in [5, 5.41) is 0. The van der Waals surface area contributed by atoms with Crippen LogP contribution in [0.4, 0.5) is 5.82 Å². The molecule has 0 radical (unpaired) electrons. The molecule has 1 aromatic heterocycles. The molecule has 1 heterocycles. The third kappa shape index (κ3) is 2.07. The SMILES string of the molecule is CCc1nc(-c2ccccc2)nc(N)c1Br. The summed E-state index contributed by atoms with van der Waals surface area (Å²) in [6, 6.07) is 9.84. The highest BCUT2D eigenvalue weighted by Gasteiger charge is 2.09. The lowest BCUT2D eigenvalue weighted by Crippen LogP contribution is -2.01. The van der Waals surface area contributed by atoms with E-state index in [0.717, 1.165) is 22.2 Å². The van der Waals surface area contributed by atoms with Crippen molar-refractivity contribution in [3.8, 4) is 11.4 Å². The number of aromatic nitrogens is 2. The highest BCUT2D eigenvalue weighted by Crippen LogP contribution is 2.25. The van der Waals surface area contributed by atoms with Crippen LogP contribution in [0.1, 0.15) is 12.6 Å². The van der Waals surface area contributed by atoms with Crippen molar-refractivity contribution < 1.29 is 0 Å². The highest BCUT2D eigenvalue weighted by atomic mass is 79.9. The van der Waals surface area contributed by atoms with E-state index in [0.29, 0.717) is 11.6 Å². The highest BCUT2D eigenvalue weighted by molar-refractivity contribution is 9.10. The average molecular weight is 278 g/mol. The number of rotatable bonds is 2. The fraction of sp³-hybridized carbons (Fsp3) is 0.167. The quantitative estimate of drug-likeness (QED) is 0.918. The van der Waals surface area contributed by atoms with E-state index in [-0.39, 0.29) is 0 Å². The van der Waals surface area contributed by atoms with Gasteiger partial charge in [-0.15, -0.1) is 0 Å². The Hall–Kier alpha value is -1.42. The summed E-state index contributed by atoms with van der Waals surface area (Å²) < 4.78 is 0.801. The summed E-state index contributed by atoms with van der Waals surface area (Å²) in [5.74, 6) is 1.17. The van der Waals surface area contributed by atoms with Crippen molar-refractivity contribution in [1.29, 1.82) is 0 Å². The molecule has 0 atom stereocenters. The first kappa shape index (κ1) is 11.1. The molecule has 2 rings (SSSR count). The summed E-state index contributed by atoms with van der Waals surface area (Å²) in [4.78, 5) is 8.76. The molecule has 1 aromatic carbocycles. The van der Waals surface area contributed by atoms with Crippen LogP contribution in [-0.2, 0) is 6.42 Å². The second kappa shape index (κ2) is 4.61. The van der Waals surface area contributed by atoms with Crippen molar-refractivity contribution in [2.75, 3.05) is 5.73 Å². The first-order valence-corrected chi connectivity index (χ1v) is 5.89. The average Bonchev–Trinajstić information content (AvgIpc) is 2.33. The third-order valence-electron chi connectivity index (χ3n) is 2.31. The zero-order chi connectivity index (χ0) is 11.5. The molecule has 0 aliphatic heterocycles. The van der Waals surface area contributed by atoms with Crippen LogP contribution >= 0.6 is 15.9 Å². The number of nitrogens with zero attached hydrogens (tertiary/aromatic N) is 2. The Balaban J connectivity index is 2.55. The van der Waals surface area contributed by atoms with Gasteiger partial charge in [0.25, 0.3) is 0 Å². The molecule has 0 amide bonds. The molecule has 0 bridgehead atoms. The molecule has 4 heteroatoms. The first-order valence-electron chi connectivity index (χ1n) is 5.09. The van der Waals surface area contributed by atoms with Crippen molar-refractivity contribution in [2.45, 2.75) is 13.3 Å². The van der Waals surface area contributed by atoms with E-state index in [9.17, 15) is 0 Å². The molecule has 2 N–H and O–H groups in total. The molecule has 0 unspecified atom stereocenters. The van der Waals surface area contributed by atoms with Crippen LogP contribution in [0, 0.1) is 0 Å². The molecule has 0 aliphatic rings. The van der Waals surface area contributed by atoms with E-state index in [4.69, 9.17) is 5.73 Å². The van der Waals surface area contributed by atoms with Gasteiger partial charge in [-0.3, -0.25) is 0 Å². The van der Waals surface area contributed by atoms with E-state index >= 15 is 0 Å². The van der Waals surface area contributed by atoms with Crippen LogP contribution < -0.4 is 5.73 Å². The standard InChI is InChI=1S/C12H12BrN3/c1-2-9-10(13)11(14)16-12(15-9)8-6-4-3-5-7-8/h3-7H,2H2,1H3,(H2,14,15,16). The van der Waals surface area contributed by atoms with Gasteiger partial charge in [-0.25, -0.2) is 9.97 Å². The molecule has 0 fully saturated rings. The van der Waals surface area contributed by atoms with E-state index in [1.165, 1.54) is 0 Å². The fourth-order valence-corrected chi connectivity index (χ4v) is 1.92. The number of hydrogen-bond acceptors (Lipinski definition) is 3. The van der Waals surface area contributed by atoms with Crippen LogP contribution in [0.15, 0.2) is 34.8 Å². The topological polar surface area (TPSA) is 51.8 Å². The maximum atomic E-state index is 5.84. The number of nitrogens with two attached hydrogens (primary N) is 1. The molecular formula is C12H12BrN3. The van der Waals surface area contributed by atoms with Gasteiger partial charge in [-0.05, 0) is 22.4 Å². The summed E-state index contributed by atoms with van der Waals surface area (Å²) in [6.07, 6.45) is 0.827. The van der Waals surface area contributed by atoms with Crippen molar-refractivity contribution in [3.63, 3.8) is 0 Å². The minimum atomic E-state index is 0.491. The van der Waals surface area contributed by atoms with Crippen LogP contribution in [0.2, 0.25) is 0 Å². The Morgan fingerprint density at radius 3 is 2.50 bits per heavy atom. The van der Waals surface area contributed by atoms with Crippen LogP contribution in [0.25, 0.3) is 11.4 Å². The Labute approximate surface area is 103 Å². The van der Waals surface area contributed by atoms with Gasteiger partial charge >= 0.3 is 0 Å². The fourth-order valence-electron chi connectivity index (χ4n) is 1.46. The van der Waals surface area contributed by atoms with Crippen LogP contribution in [-0.4, -0.2) is 9.97 Å². The zero-order valence-electron chi connectivity index (χ0n) is 8.94. The third-order valence-corrected chi connectivity index (χ3v) is 3.18. The minimum absolute atomic E-state index is 0.491. The summed E-state index contributed by atoms with van der Waals surface area (Å²) in [6.45, 7) is 2.04. The smallest absolute Gasteiger partial charge is 0.161 e. The lowest BCUT2D eigenvalue weighted by atomic mass is 10.2. The van der Waals surface area contributed by atoms with Gasteiger partial charge in [0.2, 0.25) is 0 Å². The summed E-state index contributed by atoms with van der Waals surface area (Å²) >= 11 is 3.40. The Morgan fingerprint density at radius 1 is 1.19 bits per heavy atom. The molecule has 82 valence electrons. The maximum Gasteiger partial charge on any atom is 0.161 e. The van der Waals surface area contributed by atoms with E-state index in [1.54, 1.807) is 0 Å². The largest absolute Gasteiger partial charge is 0.383 e. The number of nitrogen functional groups attached to an aromatic ring is 1. The lowest BCUT2D eigenvalue weighted by Gasteiger charge is -2.07. The number of aryl methyl sites for hydroxylation is 1. The van der Waals surface area contributed by atoms with E-state index < -0.39 is 0 Å². The van der Waals surface area contributed by atoms with Gasteiger partial charge in [-0.1, -0.05) is 37.3 Å². The monoisotopic (exact) mass is 277 g/mol. The summed E-state index contributed by atoms with van der Waals surface area (Å²) in [7, 11) is 0. The van der Waals surface area contributed by atoms with Crippen molar-refractivity contribution in [2.24, 2.45) is 0 Å². The van der Waals surface area contributed by atoms with Gasteiger partial charge in [0.15, 0.2) is 5.82 Å². The second-order valence-corrected chi connectivity index (χ2v) is 4.21. The van der Waals surface area contributed by atoms with Crippen molar-refractivity contribution in [1.82, 2.24) is 9.97 Å². The molecule has 0 aliphatic carbocycles. The molecule has 0 saturated carbocycles. The maximum absolute atomic E-state index is 5.84. The predicted molar refractivity (Wildman–Crippen MR) is 69.0 cm³/mol. The second-order valence-electron chi connectivity index (χ2n) is 3.41. The van der Waals surface area contributed by atoms with Crippen LogP contribution in [0.3, 0.4) is 0 Å². The number of benzene rings is 1. The Bertz CT molecular complexity index is 497. The van der Waals surface area contributed by atoms with E-state index in [1.807, 2.05) is 37.3 Å². The van der Waals surface area contributed by atoms with Gasteiger partial charge in [0, 0.05) is 5.56 Å². The van der Waals surface area contributed by atoms with Crippen molar-refractivity contribution >= 4 is 21.7 Å². The minimum Gasteiger partial charge on any atom is -0.383 e.